The van der Waals surface area contributed by atoms with Crippen LogP contribution >= 0.6 is 15.9 Å². The van der Waals surface area contributed by atoms with E-state index in [9.17, 15) is 8.42 Å². The monoisotopic (exact) mass is 293 g/mol. The van der Waals surface area contributed by atoms with Crippen LogP contribution in [0.1, 0.15) is 0 Å². The fourth-order valence-corrected chi connectivity index (χ4v) is 1.65. The molecule has 84 valence electrons. The molecule has 0 amide bonds. The van der Waals surface area contributed by atoms with Gasteiger partial charge in [0, 0.05) is 11.0 Å². The Hall–Kier alpha value is -0.590. The Labute approximate surface area is 97.8 Å². The van der Waals surface area contributed by atoms with E-state index in [2.05, 4.69) is 20.7 Å². The van der Waals surface area contributed by atoms with E-state index in [-0.39, 0.29) is 6.54 Å². The van der Waals surface area contributed by atoms with Crippen molar-refractivity contribution in [3.63, 3.8) is 0 Å². The summed E-state index contributed by atoms with van der Waals surface area (Å²) in [7, 11) is -3.12. The molecule has 0 radical (unpaired) electrons. The molecule has 0 saturated heterocycles. The summed E-state index contributed by atoms with van der Waals surface area (Å²) in [6, 6.07) is 7.34. The summed E-state index contributed by atoms with van der Waals surface area (Å²) in [5.74, 6) is 0.716. The van der Waals surface area contributed by atoms with Gasteiger partial charge in [0.15, 0.2) is 0 Å². The van der Waals surface area contributed by atoms with Gasteiger partial charge in [-0.25, -0.2) is 13.1 Å². The Bertz CT molecular complexity index is 402. The van der Waals surface area contributed by atoms with E-state index in [1.54, 1.807) is 0 Å². The smallest absolute Gasteiger partial charge is 0.208 e. The quantitative estimate of drug-likeness (QED) is 0.835. The van der Waals surface area contributed by atoms with Crippen molar-refractivity contribution in [1.82, 2.24) is 4.72 Å². The molecule has 0 aliphatic carbocycles. The molecule has 0 heterocycles. The molecule has 6 heteroatoms. The molecule has 1 N–H and O–H groups in total. The zero-order valence-electron chi connectivity index (χ0n) is 8.23. The van der Waals surface area contributed by atoms with Crippen molar-refractivity contribution in [2.45, 2.75) is 0 Å². The number of benzene rings is 1. The van der Waals surface area contributed by atoms with Gasteiger partial charge in [-0.15, -0.1) is 0 Å². The molecule has 0 atom stereocenters. The first-order valence-corrected chi connectivity index (χ1v) is 6.99. The summed E-state index contributed by atoms with van der Waals surface area (Å²) in [5.41, 5.74) is 0. The topological polar surface area (TPSA) is 55.4 Å². The molecule has 0 aliphatic heterocycles. The second-order valence-corrected chi connectivity index (χ2v) is 5.72. The van der Waals surface area contributed by atoms with E-state index in [1.165, 1.54) is 0 Å². The summed E-state index contributed by atoms with van der Waals surface area (Å²) in [5, 5.41) is 0. The Kier molecular flexibility index (Phi) is 4.56. The second-order valence-electron chi connectivity index (χ2n) is 2.97. The van der Waals surface area contributed by atoms with Crippen molar-refractivity contribution >= 4 is 26.0 Å². The lowest BCUT2D eigenvalue weighted by Crippen LogP contribution is -2.26. The van der Waals surface area contributed by atoms with Gasteiger partial charge in [0.1, 0.15) is 12.4 Å². The Morgan fingerprint density at radius 2 is 1.93 bits per heavy atom. The second kappa shape index (κ2) is 5.48. The van der Waals surface area contributed by atoms with Crippen LogP contribution in [-0.2, 0) is 10.0 Å². The van der Waals surface area contributed by atoms with Crippen LogP contribution in [0.2, 0.25) is 0 Å². The number of sulfonamides is 1. The fraction of sp³-hybridized carbons (Fsp3) is 0.333. The molecular formula is C9H12BrNO3S. The predicted octanol–water partition coefficient (Wildman–Crippen LogP) is 1.38. The maximum Gasteiger partial charge on any atom is 0.208 e. The summed E-state index contributed by atoms with van der Waals surface area (Å²) in [6.07, 6.45) is 1.12. The molecule has 0 spiro atoms. The zero-order chi connectivity index (χ0) is 11.3. The van der Waals surface area contributed by atoms with Crippen LogP contribution in [0.3, 0.4) is 0 Å². The molecule has 0 unspecified atom stereocenters. The van der Waals surface area contributed by atoms with E-state index in [0.717, 1.165) is 10.7 Å². The number of halogens is 1. The fourth-order valence-electron chi connectivity index (χ4n) is 0.927. The first kappa shape index (κ1) is 12.5. The number of ether oxygens (including phenoxy) is 1. The minimum Gasteiger partial charge on any atom is -0.492 e. The summed E-state index contributed by atoms with van der Waals surface area (Å²) in [6.45, 7) is 0.587. The van der Waals surface area contributed by atoms with Crippen LogP contribution in [-0.4, -0.2) is 27.8 Å². The van der Waals surface area contributed by atoms with Gasteiger partial charge >= 0.3 is 0 Å². The molecule has 1 aromatic carbocycles. The number of hydrogen-bond donors (Lipinski definition) is 1. The van der Waals surface area contributed by atoms with Gasteiger partial charge in [-0.3, -0.25) is 0 Å². The van der Waals surface area contributed by atoms with Crippen molar-refractivity contribution in [1.29, 1.82) is 0 Å². The average molecular weight is 294 g/mol. The highest BCUT2D eigenvalue weighted by Crippen LogP contribution is 2.15. The Morgan fingerprint density at radius 3 is 2.47 bits per heavy atom. The number of nitrogens with one attached hydrogen (secondary N) is 1. The molecule has 4 nitrogen and oxygen atoms in total. The molecule has 0 bridgehead atoms. The predicted molar refractivity (Wildman–Crippen MR) is 62.5 cm³/mol. The summed E-state index contributed by atoms with van der Waals surface area (Å²) in [4.78, 5) is 0. The molecule has 0 aromatic heterocycles. The SMILES string of the molecule is CS(=O)(=O)NCCOc1ccc(Br)cc1. The van der Waals surface area contributed by atoms with Crippen molar-refractivity contribution < 1.29 is 13.2 Å². The van der Waals surface area contributed by atoms with Gasteiger partial charge in [-0.1, -0.05) is 15.9 Å². The van der Waals surface area contributed by atoms with Gasteiger partial charge in [0.2, 0.25) is 10.0 Å². The maximum absolute atomic E-state index is 10.7. The van der Waals surface area contributed by atoms with Gasteiger partial charge in [0.25, 0.3) is 0 Å². The lowest BCUT2D eigenvalue weighted by atomic mass is 10.3. The van der Waals surface area contributed by atoms with Crippen molar-refractivity contribution in [3.05, 3.63) is 28.7 Å². The van der Waals surface area contributed by atoms with E-state index >= 15 is 0 Å². The summed E-state index contributed by atoms with van der Waals surface area (Å²) < 4.78 is 30.1. The van der Waals surface area contributed by atoms with Crippen molar-refractivity contribution in [3.8, 4) is 5.75 Å². The minimum absolute atomic E-state index is 0.273. The minimum atomic E-state index is -3.12. The molecule has 0 saturated carbocycles. The van der Waals surface area contributed by atoms with Crippen LogP contribution in [0.25, 0.3) is 0 Å². The molecule has 15 heavy (non-hydrogen) atoms. The van der Waals surface area contributed by atoms with Crippen molar-refractivity contribution in [2.24, 2.45) is 0 Å². The third kappa shape index (κ3) is 5.76. The van der Waals surface area contributed by atoms with Crippen LogP contribution in [0.4, 0.5) is 0 Å². The molecular weight excluding hydrogens is 282 g/mol. The highest BCUT2D eigenvalue weighted by molar-refractivity contribution is 9.10. The molecule has 0 fully saturated rings. The van der Waals surface area contributed by atoms with Crippen LogP contribution in [0, 0.1) is 0 Å². The summed E-state index contributed by atoms with van der Waals surface area (Å²) >= 11 is 3.31. The van der Waals surface area contributed by atoms with Gasteiger partial charge in [-0.2, -0.15) is 0 Å². The molecule has 1 aromatic rings. The lowest BCUT2D eigenvalue weighted by molar-refractivity contribution is 0.323. The Morgan fingerprint density at radius 1 is 1.33 bits per heavy atom. The Balaban J connectivity index is 2.29. The van der Waals surface area contributed by atoms with Crippen molar-refractivity contribution in [2.75, 3.05) is 19.4 Å². The average Bonchev–Trinajstić information content (AvgIpc) is 2.14. The van der Waals surface area contributed by atoms with E-state index in [0.29, 0.717) is 12.4 Å². The van der Waals surface area contributed by atoms with E-state index < -0.39 is 10.0 Å². The first-order chi connectivity index (χ1) is 6.97. The largest absolute Gasteiger partial charge is 0.492 e. The van der Waals surface area contributed by atoms with E-state index in [4.69, 9.17) is 4.74 Å². The van der Waals surface area contributed by atoms with Gasteiger partial charge < -0.3 is 4.74 Å². The van der Waals surface area contributed by atoms with Gasteiger partial charge in [-0.05, 0) is 24.3 Å². The number of rotatable bonds is 5. The third-order valence-corrected chi connectivity index (χ3v) is 2.81. The van der Waals surface area contributed by atoms with Crippen LogP contribution in [0.15, 0.2) is 28.7 Å². The molecule has 1 rings (SSSR count). The standard InChI is InChI=1S/C9H12BrNO3S/c1-15(12,13)11-6-7-14-9-4-2-8(10)3-5-9/h2-5,11H,6-7H2,1H3. The lowest BCUT2D eigenvalue weighted by Gasteiger charge is -2.06. The normalized spacial score (nSPS) is 11.3. The van der Waals surface area contributed by atoms with Gasteiger partial charge in [0.05, 0.1) is 6.26 Å². The maximum atomic E-state index is 10.7. The van der Waals surface area contributed by atoms with E-state index in [1.807, 2.05) is 24.3 Å². The van der Waals surface area contributed by atoms with Crippen LogP contribution in [0.5, 0.6) is 5.75 Å². The molecule has 0 aliphatic rings. The van der Waals surface area contributed by atoms with Crippen LogP contribution < -0.4 is 9.46 Å². The third-order valence-electron chi connectivity index (χ3n) is 1.55. The first-order valence-electron chi connectivity index (χ1n) is 4.30. The zero-order valence-corrected chi connectivity index (χ0v) is 10.6. The highest BCUT2D eigenvalue weighted by atomic mass is 79.9. The number of hydrogen-bond acceptors (Lipinski definition) is 3. The highest BCUT2D eigenvalue weighted by Gasteiger charge is 1.99.